The average Bonchev–Trinajstić information content (AvgIpc) is 2.65. The molecule has 0 spiro atoms. The number of aliphatic hydroxyl groups excluding tert-OH is 1. The van der Waals surface area contributed by atoms with Crippen LogP contribution in [0, 0.1) is 0 Å². The minimum absolute atomic E-state index is 0.128. The summed E-state index contributed by atoms with van der Waals surface area (Å²) in [5.74, 6) is 0. The Morgan fingerprint density at radius 2 is 1.50 bits per heavy atom. The van der Waals surface area contributed by atoms with Gasteiger partial charge in [0.05, 0.1) is 19.5 Å². The van der Waals surface area contributed by atoms with Gasteiger partial charge in [-0.25, -0.2) is 0 Å². The summed E-state index contributed by atoms with van der Waals surface area (Å²) in [6.45, 7) is 0.385. The molecule has 1 saturated heterocycles. The molecular weight excluding hydrogens is 443 g/mol. The first-order chi connectivity index (χ1) is 12.6. The molecule has 0 aromatic heterocycles. The maximum absolute atomic E-state index is 10.4. The van der Waals surface area contributed by atoms with Crippen molar-refractivity contribution in [3.63, 3.8) is 0 Å². The topological polar surface area (TPSA) is 94.1 Å². The van der Waals surface area contributed by atoms with Crippen LogP contribution < -0.4 is 0 Å². The molecule has 14 heteroatoms. The first kappa shape index (κ1) is 23.6. The van der Waals surface area contributed by atoms with Crippen LogP contribution >= 0.6 is 47.3 Å². The van der Waals surface area contributed by atoms with Gasteiger partial charge in [-0.15, -0.1) is 0 Å². The molecule has 9 nitrogen and oxygen atoms in total. The normalized spacial score (nSPS) is 40.4. The van der Waals surface area contributed by atoms with Gasteiger partial charge in [-0.05, 0) is 6.08 Å². The van der Waals surface area contributed by atoms with Crippen LogP contribution in [0.1, 0.15) is 0 Å². The van der Waals surface area contributed by atoms with Crippen LogP contribution in [0.5, 0.6) is 0 Å². The monoisotopic (exact) mass is 468 g/mol. The Morgan fingerprint density at radius 1 is 0.846 bits per heavy atom. The lowest BCUT2D eigenvalue weighted by atomic mass is 9.99. The smallest absolute Gasteiger partial charge is 0.187 e. The van der Waals surface area contributed by atoms with Gasteiger partial charge in [0.1, 0.15) is 36.6 Å². The largest absolute Gasteiger partial charge is 0.493 e. The van der Waals surface area contributed by atoms with Crippen molar-refractivity contribution in [2.75, 3.05) is 13.2 Å². The van der Waals surface area contributed by atoms with Crippen molar-refractivity contribution in [2.24, 2.45) is 0 Å². The zero-order chi connectivity index (χ0) is 19.1. The Kier molecular flexibility index (Phi) is 11.1. The summed E-state index contributed by atoms with van der Waals surface area (Å²) in [6.07, 6.45) is -2.09. The lowest BCUT2D eigenvalue weighted by molar-refractivity contribution is -0.311. The number of ether oxygens (including phenoxy) is 3. The maximum atomic E-state index is 10.4. The SMILES string of the molecule is O[C@H]1C(COP)O[C@@H](O[C@H]2C(COP)OC=C[C@H]2OP)C(OP)[C@H]1OP. The Bertz CT molecular complexity index is 447. The van der Waals surface area contributed by atoms with Crippen LogP contribution in [0.3, 0.4) is 0 Å². The Balaban J connectivity index is 2.20. The minimum atomic E-state index is -0.971. The van der Waals surface area contributed by atoms with Gasteiger partial charge in [-0.2, -0.15) is 0 Å². The molecule has 26 heavy (non-hydrogen) atoms. The van der Waals surface area contributed by atoms with Crippen molar-refractivity contribution in [1.29, 1.82) is 0 Å². The van der Waals surface area contributed by atoms with E-state index in [9.17, 15) is 5.11 Å². The highest BCUT2D eigenvalue weighted by Crippen LogP contribution is 2.32. The zero-order valence-corrected chi connectivity index (χ0v) is 19.6. The molecule has 2 aliphatic rings. The fraction of sp³-hybridized carbons (Fsp3) is 0.833. The number of hydrogen-bond acceptors (Lipinski definition) is 9. The highest BCUT2D eigenvalue weighted by molar-refractivity contribution is 7.10. The summed E-state index contributed by atoms with van der Waals surface area (Å²) in [5, 5.41) is 10.4. The van der Waals surface area contributed by atoms with Gasteiger partial charge in [0.25, 0.3) is 0 Å². The molecule has 8 unspecified atom stereocenters. The third-order valence-corrected chi connectivity index (χ3v) is 5.44. The summed E-state index contributed by atoms with van der Waals surface area (Å²) in [5.41, 5.74) is 0. The van der Waals surface area contributed by atoms with Gasteiger partial charge in [0.15, 0.2) is 12.4 Å². The van der Waals surface area contributed by atoms with E-state index >= 15 is 0 Å². The Labute approximate surface area is 164 Å². The van der Waals surface area contributed by atoms with Gasteiger partial charge < -0.3 is 41.9 Å². The van der Waals surface area contributed by atoms with E-state index in [4.69, 9.17) is 36.8 Å². The number of rotatable bonds is 9. The molecule has 0 aliphatic carbocycles. The molecule has 152 valence electrons. The first-order valence-corrected chi connectivity index (χ1v) is 9.98. The van der Waals surface area contributed by atoms with Crippen LogP contribution in [0.4, 0.5) is 0 Å². The predicted molar refractivity (Wildman–Crippen MR) is 109 cm³/mol. The minimum Gasteiger partial charge on any atom is -0.493 e. The van der Waals surface area contributed by atoms with Gasteiger partial charge in [-0.1, -0.05) is 0 Å². The van der Waals surface area contributed by atoms with E-state index in [0.717, 1.165) is 0 Å². The number of aliphatic hydroxyl groups is 1. The molecule has 1 N–H and O–H groups in total. The van der Waals surface area contributed by atoms with Crippen molar-refractivity contribution in [2.45, 2.75) is 49.0 Å². The molecule has 1 fully saturated rings. The van der Waals surface area contributed by atoms with E-state index < -0.39 is 49.0 Å². The van der Waals surface area contributed by atoms with E-state index in [1.54, 1.807) is 6.08 Å². The second-order valence-electron chi connectivity index (χ2n) is 5.61. The molecule has 0 amide bonds. The fourth-order valence-corrected chi connectivity index (χ4v) is 4.05. The summed E-state index contributed by atoms with van der Waals surface area (Å²) < 4.78 is 43.8. The van der Waals surface area contributed by atoms with Crippen LogP contribution in [0.15, 0.2) is 12.3 Å². The third kappa shape index (κ3) is 5.71. The van der Waals surface area contributed by atoms with Crippen LogP contribution in [0.25, 0.3) is 0 Å². The molecule has 0 saturated carbocycles. The van der Waals surface area contributed by atoms with Crippen molar-refractivity contribution in [3.8, 4) is 0 Å². The van der Waals surface area contributed by atoms with Gasteiger partial charge >= 0.3 is 0 Å². The lowest BCUT2D eigenvalue weighted by Gasteiger charge is -2.45. The summed E-state index contributed by atoms with van der Waals surface area (Å²) in [6, 6.07) is 0. The Morgan fingerprint density at radius 3 is 2.08 bits per heavy atom. The fourth-order valence-electron chi connectivity index (χ4n) is 2.83. The lowest BCUT2D eigenvalue weighted by Crippen LogP contribution is -2.61. The molecule has 13 atom stereocenters. The molecular formula is C12H25O9P5. The second kappa shape index (κ2) is 12.2. The van der Waals surface area contributed by atoms with Crippen molar-refractivity contribution in [3.05, 3.63) is 12.3 Å². The molecule has 0 aromatic rings. The molecule has 2 heterocycles. The zero-order valence-electron chi connectivity index (χ0n) is 13.8. The Hall–Kier alpha value is 1.37. The number of hydrogen-bond donors (Lipinski definition) is 1. The van der Waals surface area contributed by atoms with Crippen molar-refractivity contribution >= 4 is 47.3 Å². The van der Waals surface area contributed by atoms with Crippen molar-refractivity contribution < 1.29 is 41.9 Å². The predicted octanol–water partition coefficient (Wildman–Crippen LogP) is 0.509. The van der Waals surface area contributed by atoms with Gasteiger partial charge in [-0.3, -0.25) is 0 Å². The standard InChI is InChI=1S/C12H25O9P5/c13-8-6(3-15-22)17-12(11(21-26)10(8)20-25)18-9-5(19-24)1-2-14-7(9)4-16-23/h1-2,5-13H,3-4,22-26H2/t5-,6?,7?,8+,9-,10+,11?,12+/m1/s1. The third-order valence-electron chi connectivity index (χ3n) is 4.11. The van der Waals surface area contributed by atoms with Gasteiger partial charge in [0.2, 0.25) is 0 Å². The summed E-state index contributed by atoms with van der Waals surface area (Å²) >= 11 is 0. The molecule has 0 radical (unpaired) electrons. The van der Waals surface area contributed by atoms with Gasteiger partial charge in [0, 0.05) is 47.3 Å². The van der Waals surface area contributed by atoms with E-state index in [-0.39, 0.29) is 13.2 Å². The molecule has 0 aromatic carbocycles. The summed E-state index contributed by atoms with van der Waals surface area (Å²) in [4.78, 5) is 0. The average molecular weight is 468 g/mol. The van der Waals surface area contributed by atoms with Crippen LogP contribution in [0.2, 0.25) is 0 Å². The van der Waals surface area contributed by atoms with Crippen LogP contribution in [-0.2, 0) is 36.8 Å². The highest BCUT2D eigenvalue weighted by atomic mass is 31.0. The van der Waals surface area contributed by atoms with E-state index in [1.165, 1.54) is 6.26 Å². The molecule has 2 aliphatic heterocycles. The summed E-state index contributed by atoms with van der Waals surface area (Å²) in [7, 11) is 10.8. The molecule has 2 rings (SSSR count). The van der Waals surface area contributed by atoms with E-state index in [1.807, 2.05) is 0 Å². The van der Waals surface area contributed by atoms with Crippen molar-refractivity contribution in [1.82, 2.24) is 0 Å². The van der Waals surface area contributed by atoms with Crippen LogP contribution in [-0.4, -0.2) is 67.3 Å². The van der Waals surface area contributed by atoms with E-state index in [2.05, 4.69) is 47.3 Å². The van der Waals surface area contributed by atoms with E-state index in [0.29, 0.717) is 0 Å². The second-order valence-corrected chi connectivity index (χ2v) is 7.09. The maximum Gasteiger partial charge on any atom is 0.187 e. The molecule has 0 bridgehead atoms. The first-order valence-electron chi connectivity index (χ1n) is 7.62. The highest BCUT2D eigenvalue weighted by Gasteiger charge is 2.49. The quantitative estimate of drug-likeness (QED) is 0.486.